The predicted molar refractivity (Wildman–Crippen MR) is 69.0 cm³/mol. The van der Waals surface area contributed by atoms with Gasteiger partial charge in [-0.2, -0.15) is 0 Å². The van der Waals surface area contributed by atoms with Crippen molar-refractivity contribution in [3.63, 3.8) is 0 Å². The zero-order chi connectivity index (χ0) is 13.5. The second-order valence-electron chi connectivity index (χ2n) is 4.14. The topological polar surface area (TPSA) is 106 Å². The van der Waals surface area contributed by atoms with Gasteiger partial charge in [0.1, 0.15) is 9.84 Å². The Morgan fingerprint density at radius 2 is 1.76 bits per heavy atom. The summed E-state index contributed by atoms with van der Waals surface area (Å²) >= 11 is 0. The molecule has 0 spiro atoms. The molecule has 1 unspecified atom stereocenters. The van der Waals surface area contributed by atoms with Crippen LogP contribution in [0.1, 0.15) is 26.2 Å². The van der Waals surface area contributed by atoms with Gasteiger partial charge in [-0.25, -0.2) is 21.6 Å². The molecule has 0 aliphatic carbocycles. The van der Waals surface area contributed by atoms with E-state index in [1.807, 2.05) is 6.92 Å². The molecular weight excluding hydrogens is 264 g/mol. The van der Waals surface area contributed by atoms with Crippen molar-refractivity contribution in [3.8, 4) is 0 Å². The minimum absolute atomic E-state index is 0.220. The smallest absolute Gasteiger partial charge is 0.212 e. The van der Waals surface area contributed by atoms with E-state index < -0.39 is 25.6 Å². The Morgan fingerprint density at radius 1 is 1.18 bits per heavy atom. The van der Waals surface area contributed by atoms with Crippen LogP contribution in [-0.4, -0.2) is 47.2 Å². The monoisotopic (exact) mass is 286 g/mol. The Balaban J connectivity index is 4.31. The molecule has 0 amide bonds. The molecule has 0 aliphatic heterocycles. The van der Waals surface area contributed by atoms with E-state index in [4.69, 9.17) is 5.73 Å². The third kappa shape index (κ3) is 9.51. The van der Waals surface area contributed by atoms with E-state index in [1.54, 1.807) is 0 Å². The SMILES string of the molecule is CCCCC(CN)NS(=O)(=O)CCS(C)(=O)=O. The summed E-state index contributed by atoms with van der Waals surface area (Å²) in [5.41, 5.74) is 5.46. The number of nitrogens with one attached hydrogen (secondary N) is 1. The lowest BCUT2D eigenvalue weighted by atomic mass is 10.1. The highest BCUT2D eigenvalue weighted by atomic mass is 32.2. The Kier molecular flexibility index (Phi) is 7.22. The summed E-state index contributed by atoms with van der Waals surface area (Å²) in [6.45, 7) is 2.23. The first-order valence-corrected chi connectivity index (χ1v) is 9.29. The van der Waals surface area contributed by atoms with Crippen molar-refractivity contribution in [3.05, 3.63) is 0 Å². The maximum atomic E-state index is 11.6. The zero-order valence-corrected chi connectivity index (χ0v) is 12.0. The maximum Gasteiger partial charge on any atom is 0.212 e. The summed E-state index contributed by atoms with van der Waals surface area (Å²) in [6, 6.07) is -0.306. The normalized spacial score (nSPS) is 14.8. The number of hydrogen-bond donors (Lipinski definition) is 2. The highest BCUT2D eigenvalue weighted by Gasteiger charge is 2.18. The molecular formula is C9H22N2O4S2. The molecule has 6 nitrogen and oxygen atoms in total. The van der Waals surface area contributed by atoms with Crippen molar-refractivity contribution >= 4 is 19.9 Å². The fraction of sp³-hybridized carbons (Fsp3) is 1.00. The van der Waals surface area contributed by atoms with Crippen LogP contribution in [0.25, 0.3) is 0 Å². The van der Waals surface area contributed by atoms with Gasteiger partial charge in [0.05, 0.1) is 11.5 Å². The molecule has 8 heteroatoms. The van der Waals surface area contributed by atoms with Crippen LogP contribution in [0.5, 0.6) is 0 Å². The van der Waals surface area contributed by atoms with Crippen LogP contribution in [0.4, 0.5) is 0 Å². The number of rotatable bonds is 9. The van der Waals surface area contributed by atoms with Gasteiger partial charge in [-0.05, 0) is 6.42 Å². The van der Waals surface area contributed by atoms with Gasteiger partial charge in [0.25, 0.3) is 0 Å². The summed E-state index contributed by atoms with van der Waals surface area (Å²) < 4.78 is 47.4. The van der Waals surface area contributed by atoms with Crippen LogP contribution in [0.15, 0.2) is 0 Å². The summed E-state index contributed by atoms with van der Waals surface area (Å²) in [5, 5.41) is 0. The molecule has 0 aliphatic rings. The van der Waals surface area contributed by atoms with Gasteiger partial charge in [-0.1, -0.05) is 19.8 Å². The van der Waals surface area contributed by atoms with Crippen LogP contribution >= 0.6 is 0 Å². The van der Waals surface area contributed by atoms with Gasteiger partial charge in [0.2, 0.25) is 10.0 Å². The Labute approximate surface area is 104 Å². The summed E-state index contributed by atoms with van der Waals surface area (Å²) in [7, 11) is -6.83. The molecule has 0 aromatic rings. The van der Waals surface area contributed by atoms with E-state index in [9.17, 15) is 16.8 Å². The van der Waals surface area contributed by atoms with E-state index in [2.05, 4.69) is 4.72 Å². The number of unbranched alkanes of at least 4 members (excludes halogenated alkanes) is 1. The molecule has 0 radical (unpaired) electrons. The largest absolute Gasteiger partial charge is 0.329 e. The van der Waals surface area contributed by atoms with Crippen LogP contribution < -0.4 is 10.5 Å². The van der Waals surface area contributed by atoms with Gasteiger partial charge < -0.3 is 5.73 Å². The van der Waals surface area contributed by atoms with Crippen molar-refractivity contribution in [2.24, 2.45) is 5.73 Å². The second-order valence-corrected chi connectivity index (χ2v) is 8.27. The summed E-state index contributed by atoms with van der Waals surface area (Å²) in [5.74, 6) is -0.776. The number of sulfonamides is 1. The Morgan fingerprint density at radius 3 is 2.18 bits per heavy atom. The van der Waals surface area contributed by atoms with Crippen LogP contribution in [0.3, 0.4) is 0 Å². The van der Waals surface area contributed by atoms with E-state index >= 15 is 0 Å². The van der Waals surface area contributed by atoms with Crippen molar-refractivity contribution in [2.75, 3.05) is 24.3 Å². The van der Waals surface area contributed by atoms with Gasteiger partial charge in [-0.3, -0.25) is 0 Å². The average molecular weight is 286 g/mol. The summed E-state index contributed by atoms with van der Waals surface area (Å²) in [6.07, 6.45) is 3.53. The number of sulfone groups is 1. The van der Waals surface area contributed by atoms with Crippen molar-refractivity contribution < 1.29 is 16.8 Å². The number of nitrogens with two attached hydrogens (primary N) is 1. The highest BCUT2D eigenvalue weighted by molar-refractivity contribution is 7.93. The van der Waals surface area contributed by atoms with Crippen LogP contribution in [0, 0.1) is 0 Å². The Hall–Kier alpha value is -0.180. The minimum Gasteiger partial charge on any atom is -0.329 e. The van der Waals surface area contributed by atoms with Crippen LogP contribution in [0.2, 0.25) is 0 Å². The molecule has 0 saturated heterocycles. The van der Waals surface area contributed by atoms with Crippen molar-refractivity contribution in [2.45, 2.75) is 32.2 Å². The first-order valence-electron chi connectivity index (χ1n) is 5.58. The van der Waals surface area contributed by atoms with Gasteiger partial charge in [0.15, 0.2) is 0 Å². The maximum absolute atomic E-state index is 11.6. The molecule has 0 saturated carbocycles. The standard InChI is InChI=1S/C9H22N2O4S2/c1-3-4-5-9(8-10)11-17(14,15)7-6-16(2,12)13/h9,11H,3-8,10H2,1-2H3. The third-order valence-corrected chi connectivity index (χ3v) is 4.90. The first kappa shape index (κ1) is 16.8. The quantitative estimate of drug-likeness (QED) is 0.592. The van der Waals surface area contributed by atoms with E-state index in [1.165, 1.54) is 0 Å². The third-order valence-electron chi connectivity index (χ3n) is 2.26. The average Bonchev–Trinajstić information content (AvgIpc) is 2.20. The first-order chi connectivity index (χ1) is 7.70. The zero-order valence-electron chi connectivity index (χ0n) is 10.3. The lowest BCUT2D eigenvalue weighted by Gasteiger charge is -2.16. The molecule has 1 atom stereocenters. The minimum atomic E-state index is -3.57. The molecule has 0 aromatic heterocycles. The molecule has 0 aromatic carbocycles. The predicted octanol–water partition coefficient (Wildman–Crippen LogP) is -0.532. The number of hydrogen-bond acceptors (Lipinski definition) is 5. The van der Waals surface area contributed by atoms with Crippen LogP contribution in [-0.2, 0) is 19.9 Å². The molecule has 0 fully saturated rings. The molecule has 0 rings (SSSR count). The van der Waals surface area contributed by atoms with Gasteiger partial charge in [-0.15, -0.1) is 0 Å². The van der Waals surface area contributed by atoms with Gasteiger partial charge >= 0.3 is 0 Å². The fourth-order valence-electron chi connectivity index (χ4n) is 1.25. The second kappa shape index (κ2) is 7.30. The fourth-order valence-corrected chi connectivity index (χ4v) is 4.18. The summed E-state index contributed by atoms with van der Waals surface area (Å²) in [4.78, 5) is 0. The lowest BCUT2D eigenvalue weighted by molar-refractivity contribution is 0.516. The van der Waals surface area contributed by atoms with E-state index in [0.29, 0.717) is 6.42 Å². The van der Waals surface area contributed by atoms with Crippen molar-refractivity contribution in [1.82, 2.24) is 4.72 Å². The van der Waals surface area contributed by atoms with Crippen molar-refractivity contribution in [1.29, 1.82) is 0 Å². The van der Waals surface area contributed by atoms with E-state index in [-0.39, 0.29) is 18.3 Å². The Bertz CT molecular complexity index is 403. The molecule has 104 valence electrons. The van der Waals surface area contributed by atoms with Gasteiger partial charge in [0, 0.05) is 18.8 Å². The molecule has 0 heterocycles. The molecule has 3 N–H and O–H groups in total. The molecule has 17 heavy (non-hydrogen) atoms. The molecule has 0 bridgehead atoms. The van der Waals surface area contributed by atoms with E-state index in [0.717, 1.165) is 19.1 Å². The lowest BCUT2D eigenvalue weighted by Crippen LogP contribution is -2.42. The highest BCUT2D eigenvalue weighted by Crippen LogP contribution is 2.01.